The van der Waals surface area contributed by atoms with E-state index in [-0.39, 0.29) is 0 Å². The second-order valence-electron chi connectivity index (χ2n) is 7.13. The van der Waals surface area contributed by atoms with Crippen LogP contribution in [0.1, 0.15) is 0 Å². The normalized spacial score (nSPS) is 23.2. The number of rotatable bonds is 3. The van der Waals surface area contributed by atoms with Gasteiger partial charge in [-0.1, -0.05) is 45.4 Å². The molecule has 0 aromatic rings. The molecule has 5 heteroatoms. The molecule has 2 rings (SSSR count). The lowest BCUT2D eigenvalue weighted by Gasteiger charge is -2.43. The van der Waals surface area contributed by atoms with Gasteiger partial charge in [0.25, 0.3) is 0 Å². The quantitative estimate of drug-likeness (QED) is 0.554. The molecule has 0 aromatic heterocycles. The molecule has 0 bridgehead atoms. The Labute approximate surface area is 114 Å². The second kappa shape index (κ2) is 4.66. The van der Waals surface area contributed by atoms with Crippen molar-refractivity contribution in [2.45, 2.75) is 44.2 Å². The van der Waals surface area contributed by atoms with Gasteiger partial charge >= 0.3 is 0 Å². The van der Waals surface area contributed by atoms with Gasteiger partial charge in [-0.25, -0.2) is 0 Å². The molecule has 0 aliphatic carbocycles. The molecule has 2 aliphatic heterocycles. The van der Waals surface area contributed by atoms with E-state index in [1.165, 1.54) is 5.70 Å². The van der Waals surface area contributed by atoms with E-state index in [2.05, 4.69) is 68.4 Å². The zero-order valence-electron chi connectivity index (χ0n) is 12.3. The molecule has 0 saturated carbocycles. The van der Waals surface area contributed by atoms with Crippen molar-refractivity contribution in [2.75, 3.05) is 0 Å². The first-order valence-corrected chi connectivity index (χ1v) is 14.9. The monoisotopic (exact) mass is 297 g/mol. The topological polar surface area (TPSA) is 12.5 Å². The number of fused-ring (bicyclic) bond motifs is 1. The predicted molar refractivity (Wildman–Crippen MR) is 86.7 cm³/mol. The van der Waals surface area contributed by atoms with Gasteiger partial charge < -0.3 is 4.52 Å². The van der Waals surface area contributed by atoms with Gasteiger partial charge in [0, 0.05) is 11.1 Å². The number of nitrogens with zero attached hydrogens (tertiary/aromatic N) is 1. The molecule has 1 atom stereocenters. The van der Waals surface area contributed by atoms with Crippen molar-refractivity contribution >= 4 is 24.4 Å². The summed E-state index contributed by atoms with van der Waals surface area (Å²) in [6.45, 7) is 14.9. The lowest BCUT2D eigenvalue weighted by molar-refractivity contribution is 0.538. The van der Waals surface area contributed by atoms with Gasteiger partial charge in [-0.05, 0) is 12.2 Å². The highest BCUT2D eigenvalue weighted by molar-refractivity contribution is 7.59. The smallest absolute Gasteiger partial charge is 0.192 e. The van der Waals surface area contributed by atoms with Crippen molar-refractivity contribution in [1.29, 1.82) is 0 Å². The van der Waals surface area contributed by atoms with Gasteiger partial charge in [0.2, 0.25) is 0 Å². The first-order chi connectivity index (χ1) is 8.21. The fraction of sp³-hybridized carbons (Fsp3) is 0.538. The summed E-state index contributed by atoms with van der Waals surface area (Å²) in [5, 5.41) is 0. The van der Waals surface area contributed by atoms with E-state index in [0.717, 1.165) is 4.91 Å². The fourth-order valence-corrected chi connectivity index (χ4v) is 21.1. The molecule has 0 amide bonds. The van der Waals surface area contributed by atoms with Crippen LogP contribution in [0.25, 0.3) is 0 Å². The molecule has 18 heavy (non-hydrogen) atoms. The van der Waals surface area contributed by atoms with Crippen LogP contribution in [0.15, 0.2) is 36.4 Å². The van der Waals surface area contributed by atoms with Crippen LogP contribution in [0, 0.1) is 0 Å². The Hall–Kier alpha value is -0.316. The Balaban J connectivity index is 2.30. The lowest BCUT2D eigenvalue weighted by Crippen LogP contribution is -2.53. The van der Waals surface area contributed by atoms with E-state index >= 15 is 0 Å². The summed E-state index contributed by atoms with van der Waals surface area (Å²) in [6.07, 6.45) is 10.5. The largest absolute Gasteiger partial charge is 0.458 e. The van der Waals surface area contributed by atoms with Crippen molar-refractivity contribution in [3.05, 3.63) is 36.4 Å². The molecule has 0 N–H and O–H groups in total. The van der Waals surface area contributed by atoms with Crippen LogP contribution in [0.2, 0.25) is 39.3 Å². The standard InChI is InChI=1S/C13H24NOPSi2/c1-17(2,3)13(18(4,5)6)16-14-10-8-7-9-12(14)11-15-16/h7-11,13H,1-6H3. The van der Waals surface area contributed by atoms with Crippen molar-refractivity contribution in [3.8, 4) is 0 Å². The van der Waals surface area contributed by atoms with Gasteiger partial charge in [0.15, 0.2) is 8.30 Å². The van der Waals surface area contributed by atoms with Gasteiger partial charge in [0.1, 0.15) is 6.26 Å². The van der Waals surface area contributed by atoms with Crippen LogP contribution in [0.4, 0.5) is 0 Å². The average Bonchev–Trinajstić information content (AvgIpc) is 2.58. The second-order valence-corrected chi connectivity index (χ2v) is 21.1. The maximum absolute atomic E-state index is 6.11. The van der Waals surface area contributed by atoms with E-state index in [1.807, 2.05) is 6.26 Å². The fourth-order valence-electron chi connectivity index (χ4n) is 3.03. The molecule has 100 valence electrons. The molecule has 0 fully saturated rings. The summed E-state index contributed by atoms with van der Waals surface area (Å²) in [5.41, 5.74) is 1.23. The number of hydrogen-bond acceptors (Lipinski definition) is 2. The van der Waals surface area contributed by atoms with Crippen molar-refractivity contribution in [3.63, 3.8) is 0 Å². The number of hydrogen-bond donors (Lipinski definition) is 0. The third-order valence-corrected chi connectivity index (χ3v) is 19.2. The van der Waals surface area contributed by atoms with Crippen LogP contribution in [0.5, 0.6) is 0 Å². The Bertz CT molecular complexity index is 404. The molecule has 0 saturated heterocycles. The highest BCUT2D eigenvalue weighted by atomic mass is 31.2. The van der Waals surface area contributed by atoms with Crippen LogP contribution < -0.4 is 0 Å². The summed E-state index contributed by atoms with van der Waals surface area (Å²) in [7, 11) is -2.98. The molecule has 0 radical (unpaired) electrons. The minimum absolute atomic E-state index is 0.516. The maximum Gasteiger partial charge on any atom is 0.192 e. The Morgan fingerprint density at radius 2 is 1.67 bits per heavy atom. The summed E-state index contributed by atoms with van der Waals surface area (Å²) in [4.78, 5) is 0.782. The zero-order valence-corrected chi connectivity index (χ0v) is 15.2. The van der Waals surface area contributed by atoms with E-state index < -0.39 is 24.4 Å². The van der Waals surface area contributed by atoms with E-state index in [0.29, 0.717) is 0 Å². The molecule has 0 aromatic carbocycles. The first-order valence-electron chi connectivity index (χ1n) is 6.51. The van der Waals surface area contributed by atoms with Crippen LogP contribution in [-0.4, -0.2) is 25.7 Å². The van der Waals surface area contributed by atoms with E-state index in [9.17, 15) is 0 Å². The molecule has 2 heterocycles. The Kier molecular flexibility index (Phi) is 3.65. The van der Waals surface area contributed by atoms with Gasteiger partial charge in [-0.15, -0.1) is 0 Å². The average molecular weight is 297 g/mol. The van der Waals surface area contributed by atoms with E-state index in [1.54, 1.807) is 0 Å². The van der Waals surface area contributed by atoms with Crippen LogP contribution in [0.3, 0.4) is 0 Å². The molecule has 1 unspecified atom stereocenters. The summed E-state index contributed by atoms with van der Waals surface area (Å²) < 4.78 is 8.50. The highest BCUT2D eigenvalue weighted by Crippen LogP contribution is 2.59. The number of allylic oxidation sites excluding steroid dienone is 3. The minimum Gasteiger partial charge on any atom is -0.458 e. The van der Waals surface area contributed by atoms with Gasteiger partial charge in [-0.3, -0.25) is 4.67 Å². The zero-order chi connectivity index (χ0) is 13.6. The Morgan fingerprint density at radius 3 is 2.22 bits per heavy atom. The summed E-state index contributed by atoms with van der Waals surface area (Å²) >= 11 is 0. The van der Waals surface area contributed by atoms with Crippen molar-refractivity contribution < 1.29 is 4.52 Å². The summed E-state index contributed by atoms with van der Waals surface area (Å²) in [5.74, 6) is 0. The Morgan fingerprint density at radius 1 is 1.06 bits per heavy atom. The van der Waals surface area contributed by atoms with E-state index in [4.69, 9.17) is 4.52 Å². The highest BCUT2D eigenvalue weighted by Gasteiger charge is 2.48. The summed E-state index contributed by atoms with van der Waals surface area (Å²) in [6, 6.07) is 0. The minimum atomic E-state index is -1.23. The van der Waals surface area contributed by atoms with Crippen LogP contribution >= 0.6 is 8.30 Å². The van der Waals surface area contributed by atoms with Crippen molar-refractivity contribution in [2.24, 2.45) is 0 Å². The molecule has 2 aliphatic rings. The third-order valence-electron chi connectivity index (χ3n) is 3.23. The molecular weight excluding hydrogens is 273 g/mol. The van der Waals surface area contributed by atoms with Crippen LogP contribution in [-0.2, 0) is 4.52 Å². The molecule has 0 spiro atoms. The SMILES string of the molecule is C[Si](C)(C)C(P1OC=C2C=CC=CN21)[Si](C)(C)C. The van der Waals surface area contributed by atoms with Gasteiger partial charge in [0.05, 0.1) is 21.8 Å². The lowest BCUT2D eigenvalue weighted by atomic mass is 10.3. The predicted octanol–water partition coefficient (Wildman–Crippen LogP) is 4.68. The first kappa shape index (κ1) is 14.1. The third kappa shape index (κ3) is 2.66. The maximum atomic E-state index is 6.11. The molecule has 2 nitrogen and oxygen atoms in total. The van der Waals surface area contributed by atoms with Crippen molar-refractivity contribution in [1.82, 2.24) is 4.67 Å². The molecular formula is C13H24NOPSi2. The van der Waals surface area contributed by atoms with Gasteiger partial charge in [-0.2, -0.15) is 0 Å².